The van der Waals surface area contributed by atoms with Crippen LogP contribution in [0.2, 0.25) is 5.02 Å². The molecule has 0 bridgehead atoms. The Bertz CT molecular complexity index is 1370. The average molecular weight is 576 g/mol. The Morgan fingerprint density at radius 1 is 0.974 bits per heavy atom. The van der Waals surface area contributed by atoms with Crippen molar-refractivity contribution in [3.8, 4) is 5.75 Å². The maximum atomic E-state index is 13.8. The van der Waals surface area contributed by atoms with Crippen molar-refractivity contribution in [1.29, 1.82) is 0 Å². The topological polar surface area (TPSA) is 96.0 Å². The van der Waals surface area contributed by atoms with Crippen LogP contribution in [-0.4, -0.2) is 51.4 Å². The maximum absolute atomic E-state index is 13.8. The molecule has 3 rings (SSSR count). The van der Waals surface area contributed by atoms with Crippen molar-refractivity contribution in [2.45, 2.75) is 37.8 Å². The first kappa shape index (κ1) is 29.9. The van der Waals surface area contributed by atoms with Crippen LogP contribution < -0.4 is 14.4 Å². The standard InChI is InChI=1S/C28H31ClFN3O5S/c1-4-26(28(35)31-3)32(18-20-6-8-21(29)9-7-20)27(34)19-33(23-12-14-24(15-13-23)38-5-2)39(36,37)25-16-10-22(30)11-17-25/h6-17,26H,4-5,18-19H2,1-3H3,(H,31,35)/t26-/m1/s1. The molecule has 2 amide bonds. The fourth-order valence-corrected chi connectivity index (χ4v) is 5.55. The lowest BCUT2D eigenvalue weighted by Gasteiger charge is -2.33. The van der Waals surface area contributed by atoms with Crippen LogP contribution >= 0.6 is 11.6 Å². The van der Waals surface area contributed by atoms with Gasteiger partial charge < -0.3 is 15.0 Å². The van der Waals surface area contributed by atoms with E-state index in [-0.39, 0.29) is 23.0 Å². The highest BCUT2D eigenvalue weighted by atomic mass is 35.5. The Morgan fingerprint density at radius 2 is 1.59 bits per heavy atom. The first-order valence-corrected chi connectivity index (χ1v) is 14.2. The van der Waals surface area contributed by atoms with Gasteiger partial charge in [-0.1, -0.05) is 30.7 Å². The van der Waals surface area contributed by atoms with Gasteiger partial charge in [-0.25, -0.2) is 12.8 Å². The van der Waals surface area contributed by atoms with Crippen molar-refractivity contribution in [3.05, 3.63) is 89.2 Å². The molecule has 0 aromatic heterocycles. The third kappa shape index (κ3) is 7.48. The van der Waals surface area contributed by atoms with E-state index in [1.54, 1.807) is 43.3 Å². The fourth-order valence-electron chi connectivity index (χ4n) is 4.01. The number of carbonyl (C=O) groups excluding carboxylic acids is 2. The summed E-state index contributed by atoms with van der Waals surface area (Å²) < 4.78 is 47.5. The minimum atomic E-state index is -4.30. The molecule has 0 fully saturated rings. The summed E-state index contributed by atoms with van der Waals surface area (Å²) in [6.45, 7) is 3.46. The summed E-state index contributed by atoms with van der Waals surface area (Å²) in [6, 6.07) is 16.6. The van der Waals surface area contributed by atoms with Gasteiger partial charge >= 0.3 is 0 Å². The highest BCUT2D eigenvalue weighted by molar-refractivity contribution is 7.92. The van der Waals surface area contributed by atoms with Crippen LogP contribution in [-0.2, 0) is 26.2 Å². The molecule has 1 N–H and O–H groups in total. The maximum Gasteiger partial charge on any atom is 0.264 e. The molecule has 3 aromatic rings. The number of amides is 2. The predicted octanol–water partition coefficient (Wildman–Crippen LogP) is 4.63. The van der Waals surface area contributed by atoms with Crippen LogP contribution in [0.5, 0.6) is 5.75 Å². The molecule has 0 spiro atoms. The third-order valence-electron chi connectivity index (χ3n) is 6.01. The number of nitrogens with zero attached hydrogens (tertiary/aromatic N) is 2. The van der Waals surface area contributed by atoms with Crippen molar-refractivity contribution in [2.75, 3.05) is 24.5 Å². The van der Waals surface area contributed by atoms with Gasteiger partial charge in [0.2, 0.25) is 11.8 Å². The smallest absolute Gasteiger partial charge is 0.264 e. The Hall–Kier alpha value is -3.63. The van der Waals surface area contributed by atoms with E-state index in [0.717, 1.165) is 28.6 Å². The van der Waals surface area contributed by atoms with Crippen LogP contribution in [0.25, 0.3) is 0 Å². The van der Waals surface area contributed by atoms with E-state index in [0.29, 0.717) is 29.4 Å². The Balaban J connectivity index is 2.05. The van der Waals surface area contributed by atoms with Crippen LogP contribution in [0, 0.1) is 5.82 Å². The van der Waals surface area contributed by atoms with E-state index in [2.05, 4.69) is 5.32 Å². The van der Waals surface area contributed by atoms with E-state index < -0.39 is 34.3 Å². The van der Waals surface area contributed by atoms with Gasteiger partial charge in [0.15, 0.2) is 0 Å². The second kappa shape index (κ2) is 13.4. The summed E-state index contributed by atoms with van der Waals surface area (Å²) in [4.78, 5) is 27.7. The Labute approximate surface area is 233 Å². The van der Waals surface area contributed by atoms with Crippen LogP contribution in [0.4, 0.5) is 10.1 Å². The van der Waals surface area contributed by atoms with Crippen molar-refractivity contribution >= 4 is 39.1 Å². The number of halogens is 2. The van der Waals surface area contributed by atoms with Crippen molar-refractivity contribution in [3.63, 3.8) is 0 Å². The number of hydrogen-bond donors (Lipinski definition) is 1. The zero-order valence-electron chi connectivity index (χ0n) is 21.9. The number of sulfonamides is 1. The van der Waals surface area contributed by atoms with Crippen molar-refractivity contribution in [1.82, 2.24) is 10.2 Å². The lowest BCUT2D eigenvalue weighted by molar-refractivity contribution is -0.140. The molecule has 8 nitrogen and oxygen atoms in total. The Morgan fingerprint density at radius 3 is 2.13 bits per heavy atom. The molecule has 3 aromatic carbocycles. The normalized spacial score (nSPS) is 11.9. The minimum absolute atomic E-state index is 0.0512. The molecule has 0 aliphatic carbocycles. The number of nitrogens with one attached hydrogen (secondary N) is 1. The summed E-state index contributed by atoms with van der Waals surface area (Å²) in [5, 5.41) is 3.09. The fraction of sp³-hybridized carbons (Fsp3) is 0.286. The second-order valence-electron chi connectivity index (χ2n) is 8.58. The number of benzene rings is 3. The molecule has 0 unspecified atom stereocenters. The minimum Gasteiger partial charge on any atom is -0.494 e. The monoisotopic (exact) mass is 575 g/mol. The summed E-state index contributed by atoms with van der Waals surface area (Å²) in [5.41, 5.74) is 0.916. The molecule has 0 saturated carbocycles. The van der Waals surface area contributed by atoms with Crippen molar-refractivity contribution in [2.24, 2.45) is 0 Å². The lowest BCUT2D eigenvalue weighted by atomic mass is 10.1. The van der Waals surface area contributed by atoms with Crippen LogP contribution in [0.15, 0.2) is 77.7 Å². The van der Waals surface area contributed by atoms with Gasteiger partial charge in [0, 0.05) is 18.6 Å². The van der Waals surface area contributed by atoms with E-state index in [1.165, 1.54) is 24.1 Å². The third-order valence-corrected chi connectivity index (χ3v) is 8.05. The first-order chi connectivity index (χ1) is 18.6. The molecule has 208 valence electrons. The van der Waals surface area contributed by atoms with Gasteiger partial charge in [0.05, 0.1) is 17.2 Å². The predicted molar refractivity (Wildman–Crippen MR) is 149 cm³/mol. The number of carbonyl (C=O) groups is 2. The number of likely N-dealkylation sites (N-methyl/N-ethyl adjacent to an activating group) is 1. The van der Waals surface area contributed by atoms with E-state index in [1.807, 2.05) is 6.92 Å². The molecule has 0 aliphatic heterocycles. The molecular formula is C28H31ClFN3O5S. The van der Waals surface area contributed by atoms with Crippen LogP contribution in [0.3, 0.4) is 0 Å². The molecule has 39 heavy (non-hydrogen) atoms. The molecule has 0 radical (unpaired) electrons. The quantitative estimate of drug-likeness (QED) is 0.340. The molecule has 11 heteroatoms. The molecular weight excluding hydrogens is 545 g/mol. The zero-order chi connectivity index (χ0) is 28.6. The highest BCUT2D eigenvalue weighted by Gasteiger charge is 2.33. The second-order valence-corrected chi connectivity index (χ2v) is 10.9. The SMILES string of the molecule is CCOc1ccc(N(CC(=O)N(Cc2ccc(Cl)cc2)[C@H](CC)C(=O)NC)S(=O)(=O)c2ccc(F)cc2)cc1. The molecule has 0 heterocycles. The zero-order valence-corrected chi connectivity index (χ0v) is 23.5. The van der Waals surface area contributed by atoms with E-state index in [4.69, 9.17) is 16.3 Å². The van der Waals surface area contributed by atoms with Gasteiger partial charge in [0.1, 0.15) is 24.2 Å². The van der Waals surface area contributed by atoms with Crippen LogP contribution in [0.1, 0.15) is 25.8 Å². The largest absolute Gasteiger partial charge is 0.494 e. The molecule has 0 aliphatic rings. The first-order valence-electron chi connectivity index (χ1n) is 12.4. The highest BCUT2D eigenvalue weighted by Crippen LogP contribution is 2.27. The Kier molecular flexibility index (Phi) is 10.3. The molecule has 1 atom stereocenters. The summed E-state index contributed by atoms with van der Waals surface area (Å²) >= 11 is 6.01. The van der Waals surface area contributed by atoms with Gasteiger partial charge in [-0.15, -0.1) is 0 Å². The summed E-state index contributed by atoms with van der Waals surface area (Å²) in [6.07, 6.45) is 0.298. The van der Waals surface area contributed by atoms with Crippen molar-refractivity contribution < 1.29 is 27.1 Å². The van der Waals surface area contributed by atoms with E-state index >= 15 is 0 Å². The molecule has 0 saturated heterocycles. The number of hydrogen-bond acceptors (Lipinski definition) is 5. The number of anilines is 1. The lowest BCUT2D eigenvalue weighted by Crippen LogP contribution is -2.51. The average Bonchev–Trinajstić information content (AvgIpc) is 2.93. The number of rotatable bonds is 12. The van der Waals surface area contributed by atoms with Gasteiger partial charge in [0.25, 0.3) is 10.0 Å². The van der Waals surface area contributed by atoms with Gasteiger partial charge in [-0.05, 0) is 79.6 Å². The van der Waals surface area contributed by atoms with E-state index in [9.17, 15) is 22.4 Å². The summed E-state index contributed by atoms with van der Waals surface area (Å²) in [5.74, 6) is -1.04. The van der Waals surface area contributed by atoms with Gasteiger partial charge in [-0.2, -0.15) is 0 Å². The van der Waals surface area contributed by atoms with Gasteiger partial charge in [-0.3, -0.25) is 13.9 Å². The number of ether oxygens (including phenoxy) is 1. The summed E-state index contributed by atoms with van der Waals surface area (Å²) in [7, 11) is -2.83.